The van der Waals surface area contributed by atoms with Crippen molar-refractivity contribution in [1.29, 1.82) is 0 Å². The first kappa shape index (κ1) is 13.6. The van der Waals surface area contributed by atoms with E-state index < -0.39 is 12.0 Å². The molecule has 2 rings (SSSR count). The second kappa shape index (κ2) is 5.43. The number of aliphatic carboxylic acids is 1. The second-order valence-corrected chi connectivity index (χ2v) is 4.99. The number of benzene rings is 1. The standard InChI is InChI=1S/C15H19NO3/c1-3-16(10(2)17)14(15(18)19)13-6-4-5-12(9-13)11-7-8-11/h4-6,9,11,14H,3,7-8H2,1-2H3,(H,18,19). The van der Waals surface area contributed by atoms with E-state index >= 15 is 0 Å². The number of carboxylic acids is 1. The zero-order valence-electron chi connectivity index (χ0n) is 11.3. The van der Waals surface area contributed by atoms with Gasteiger partial charge in [0.25, 0.3) is 0 Å². The van der Waals surface area contributed by atoms with Crippen LogP contribution in [0.15, 0.2) is 24.3 Å². The Hall–Kier alpha value is -1.84. The highest BCUT2D eigenvalue weighted by Gasteiger charge is 2.30. The van der Waals surface area contributed by atoms with E-state index in [1.165, 1.54) is 30.2 Å². The van der Waals surface area contributed by atoms with E-state index in [0.29, 0.717) is 18.0 Å². The van der Waals surface area contributed by atoms with Crippen molar-refractivity contribution in [2.75, 3.05) is 6.54 Å². The van der Waals surface area contributed by atoms with Crippen LogP contribution in [0.1, 0.15) is 49.8 Å². The number of carboxylic acid groups (broad SMARTS) is 1. The van der Waals surface area contributed by atoms with Gasteiger partial charge in [-0.2, -0.15) is 0 Å². The van der Waals surface area contributed by atoms with E-state index in [1.807, 2.05) is 18.2 Å². The average Bonchev–Trinajstić information content (AvgIpc) is 3.19. The van der Waals surface area contributed by atoms with Gasteiger partial charge in [0.15, 0.2) is 6.04 Å². The molecule has 1 aliphatic rings. The number of nitrogens with zero attached hydrogens (tertiary/aromatic N) is 1. The lowest BCUT2D eigenvalue weighted by Crippen LogP contribution is -2.37. The van der Waals surface area contributed by atoms with Gasteiger partial charge in [0.2, 0.25) is 5.91 Å². The highest BCUT2D eigenvalue weighted by atomic mass is 16.4. The molecule has 0 aliphatic heterocycles. The van der Waals surface area contributed by atoms with Crippen molar-refractivity contribution in [2.45, 2.75) is 38.6 Å². The molecule has 1 N–H and O–H groups in total. The maximum Gasteiger partial charge on any atom is 0.331 e. The summed E-state index contributed by atoms with van der Waals surface area (Å²) in [6, 6.07) is 6.75. The number of hydrogen-bond acceptors (Lipinski definition) is 2. The SMILES string of the molecule is CCN(C(C)=O)C(C(=O)O)c1cccc(C2CC2)c1. The van der Waals surface area contributed by atoms with E-state index in [0.717, 1.165) is 0 Å². The smallest absolute Gasteiger partial charge is 0.331 e. The summed E-state index contributed by atoms with van der Waals surface area (Å²) in [5.41, 5.74) is 1.87. The molecule has 0 aromatic heterocycles. The summed E-state index contributed by atoms with van der Waals surface area (Å²) in [6.07, 6.45) is 2.34. The molecule has 1 fully saturated rings. The van der Waals surface area contributed by atoms with Crippen LogP contribution >= 0.6 is 0 Å². The van der Waals surface area contributed by atoms with Crippen molar-refractivity contribution in [3.05, 3.63) is 35.4 Å². The van der Waals surface area contributed by atoms with Crippen LogP contribution in [0, 0.1) is 0 Å². The van der Waals surface area contributed by atoms with Gasteiger partial charge in [0.05, 0.1) is 0 Å². The van der Waals surface area contributed by atoms with Crippen LogP contribution < -0.4 is 0 Å². The van der Waals surface area contributed by atoms with Gasteiger partial charge in [-0.25, -0.2) is 4.79 Å². The van der Waals surface area contributed by atoms with Gasteiger partial charge in [-0.1, -0.05) is 24.3 Å². The maximum atomic E-state index is 11.6. The summed E-state index contributed by atoms with van der Waals surface area (Å²) in [6.45, 7) is 3.59. The summed E-state index contributed by atoms with van der Waals surface area (Å²) in [4.78, 5) is 24.5. The zero-order chi connectivity index (χ0) is 14.0. The van der Waals surface area contributed by atoms with Crippen molar-refractivity contribution in [2.24, 2.45) is 0 Å². The van der Waals surface area contributed by atoms with Crippen molar-refractivity contribution >= 4 is 11.9 Å². The third kappa shape index (κ3) is 2.95. The van der Waals surface area contributed by atoms with Crippen molar-refractivity contribution < 1.29 is 14.7 Å². The third-order valence-corrected chi connectivity index (χ3v) is 3.57. The second-order valence-electron chi connectivity index (χ2n) is 4.99. The molecule has 102 valence electrons. The first-order chi connectivity index (χ1) is 9.04. The van der Waals surface area contributed by atoms with Crippen LogP contribution in [0.3, 0.4) is 0 Å². The first-order valence-corrected chi connectivity index (χ1v) is 6.64. The van der Waals surface area contributed by atoms with Crippen molar-refractivity contribution in [1.82, 2.24) is 4.90 Å². The minimum atomic E-state index is -0.981. The van der Waals surface area contributed by atoms with Crippen LogP contribution in [0.25, 0.3) is 0 Å². The fraction of sp³-hybridized carbons (Fsp3) is 0.467. The predicted octanol–water partition coefficient (Wildman–Crippen LogP) is 2.56. The fourth-order valence-electron chi connectivity index (χ4n) is 2.44. The molecule has 0 saturated heterocycles. The number of carbonyl (C=O) groups excluding carboxylic acids is 1. The van der Waals surface area contributed by atoms with Crippen LogP contribution in [0.2, 0.25) is 0 Å². The Kier molecular flexibility index (Phi) is 3.88. The molecule has 1 aromatic rings. The molecule has 1 aromatic carbocycles. The predicted molar refractivity (Wildman–Crippen MR) is 71.9 cm³/mol. The largest absolute Gasteiger partial charge is 0.479 e. The number of rotatable bonds is 5. The van der Waals surface area contributed by atoms with Gasteiger partial charge < -0.3 is 10.0 Å². The number of carbonyl (C=O) groups is 2. The topological polar surface area (TPSA) is 57.6 Å². The molecule has 4 heteroatoms. The molecule has 1 atom stereocenters. The van der Waals surface area contributed by atoms with E-state index in [2.05, 4.69) is 0 Å². The summed E-state index contributed by atoms with van der Waals surface area (Å²) >= 11 is 0. The summed E-state index contributed by atoms with van der Waals surface area (Å²) in [5.74, 6) is -0.626. The van der Waals surface area contributed by atoms with Gasteiger partial charge in [-0.05, 0) is 36.8 Å². The zero-order valence-corrected chi connectivity index (χ0v) is 11.3. The highest BCUT2D eigenvalue weighted by Crippen LogP contribution is 2.40. The number of likely N-dealkylation sites (N-methyl/N-ethyl adjacent to an activating group) is 1. The lowest BCUT2D eigenvalue weighted by atomic mass is 10.0. The van der Waals surface area contributed by atoms with Crippen LogP contribution in [-0.2, 0) is 9.59 Å². The Morgan fingerprint density at radius 2 is 2.11 bits per heavy atom. The molecular formula is C15H19NO3. The normalized spacial score (nSPS) is 15.9. The molecule has 4 nitrogen and oxygen atoms in total. The third-order valence-electron chi connectivity index (χ3n) is 3.57. The van der Waals surface area contributed by atoms with Gasteiger partial charge >= 0.3 is 5.97 Å². The molecule has 1 unspecified atom stereocenters. The Morgan fingerprint density at radius 3 is 2.58 bits per heavy atom. The van der Waals surface area contributed by atoms with Crippen LogP contribution in [-0.4, -0.2) is 28.4 Å². The molecule has 1 aliphatic carbocycles. The average molecular weight is 261 g/mol. The molecular weight excluding hydrogens is 242 g/mol. The number of hydrogen-bond donors (Lipinski definition) is 1. The molecule has 0 spiro atoms. The Balaban J connectivity index is 2.35. The quantitative estimate of drug-likeness (QED) is 0.886. The van der Waals surface area contributed by atoms with Crippen LogP contribution in [0.5, 0.6) is 0 Å². The summed E-state index contributed by atoms with van der Waals surface area (Å²) in [7, 11) is 0. The Morgan fingerprint density at radius 1 is 1.42 bits per heavy atom. The van der Waals surface area contributed by atoms with E-state index in [4.69, 9.17) is 0 Å². The van der Waals surface area contributed by atoms with E-state index in [9.17, 15) is 14.7 Å². The fourth-order valence-corrected chi connectivity index (χ4v) is 2.44. The van der Waals surface area contributed by atoms with Gasteiger partial charge in [-0.15, -0.1) is 0 Å². The van der Waals surface area contributed by atoms with Crippen LogP contribution in [0.4, 0.5) is 0 Å². The van der Waals surface area contributed by atoms with Gasteiger partial charge in [0.1, 0.15) is 0 Å². The monoisotopic (exact) mass is 261 g/mol. The molecule has 0 bridgehead atoms. The summed E-state index contributed by atoms with van der Waals surface area (Å²) in [5, 5.41) is 9.43. The lowest BCUT2D eigenvalue weighted by molar-refractivity contribution is -0.149. The van der Waals surface area contributed by atoms with Gasteiger partial charge in [0, 0.05) is 13.5 Å². The minimum absolute atomic E-state index is 0.216. The molecule has 1 amide bonds. The maximum absolute atomic E-state index is 11.6. The molecule has 19 heavy (non-hydrogen) atoms. The number of amides is 1. The van der Waals surface area contributed by atoms with Gasteiger partial charge in [-0.3, -0.25) is 4.79 Å². The van der Waals surface area contributed by atoms with E-state index in [1.54, 1.807) is 13.0 Å². The first-order valence-electron chi connectivity index (χ1n) is 6.64. The lowest BCUT2D eigenvalue weighted by Gasteiger charge is -2.27. The van der Waals surface area contributed by atoms with E-state index in [-0.39, 0.29) is 5.91 Å². The molecule has 0 radical (unpaired) electrons. The molecule has 1 saturated carbocycles. The van der Waals surface area contributed by atoms with Crippen molar-refractivity contribution in [3.63, 3.8) is 0 Å². The minimum Gasteiger partial charge on any atom is -0.479 e. The Bertz CT molecular complexity index is 494. The Labute approximate surface area is 113 Å². The molecule has 0 heterocycles. The van der Waals surface area contributed by atoms with Crippen molar-refractivity contribution in [3.8, 4) is 0 Å². The summed E-state index contributed by atoms with van der Waals surface area (Å²) < 4.78 is 0. The highest BCUT2D eigenvalue weighted by molar-refractivity contribution is 5.83.